The molecule has 1 amide bonds. The van der Waals surface area contributed by atoms with Gasteiger partial charge in [-0.1, -0.05) is 6.92 Å². The van der Waals surface area contributed by atoms with Crippen molar-refractivity contribution in [2.75, 3.05) is 18.5 Å². The number of aliphatic hydroxyl groups excluding tert-OH is 1. The molecule has 0 spiro atoms. The fourth-order valence-corrected chi connectivity index (χ4v) is 2.12. The Bertz CT molecular complexity index is 438. The number of nitrogen functional groups attached to an aromatic ring is 1. The molecule has 2 unspecified atom stereocenters. The van der Waals surface area contributed by atoms with Crippen molar-refractivity contribution in [2.24, 2.45) is 11.8 Å². The maximum Gasteiger partial charge on any atom is 0.272 e. The number of hydrazine groups is 1. The number of carbonyl (C=O) groups is 1. The number of aliphatic hydroxyl groups is 1. The summed E-state index contributed by atoms with van der Waals surface area (Å²) in [5.74, 6) is 5.28. The largest absolute Gasteiger partial charge is 0.393 e. The van der Waals surface area contributed by atoms with Gasteiger partial charge in [0.15, 0.2) is 0 Å². The van der Waals surface area contributed by atoms with Gasteiger partial charge in [-0.15, -0.1) is 0 Å². The Morgan fingerprint density at radius 3 is 3.11 bits per heavy atom. The predicted molar refractivity (Wildman–Crippen MR) is 67.7 cm³/mol. The first-order chi connectivity index (χ1) is 8.61. The molecule has 2 rings (SSSR count). The molecule has 6 heteroatoms. The van der Waals surface area contributed by atoms with Crippen LogP contribution in [-0.4, -0.2) is 40.1 Å². The van der Waals surface area contributed by atoms with E-state index in [0.717, 1.165) is 0 Å². The molecule has 1 aliphatic rings. The monoisotopic (exact) mass is 250 g/mol. The van der Waals surface area contributed by atoms with Gasteiger partial charge < -0.3 is 15.4 Å². The fourth-order valence-electron chi connectivity index (χ4n) is 2.12. The van der Waals surface area contributed by atoms with E-state index >= 15 is 0 Å². The van der Waals surface area contributed by atoms with E-state index in [1.54, 1.807) is 23.2 Å². The molecule has 2 heterocycles. The molecule has 0 aromatic carbocycles. The van der Waals surface area contributed by atoms with Gasteiger partial charge in [-0.25, -0.2) is 0 Å². The zero-order valence-electron chi connectivity index (χ0n) is 10.3. The Kier molecular flexibility index (Phi) is 3.78. The average molecular weight is 250 g/mol. The van der Waals surface area contributed by atoms with Gasteiger partial charge in [-0.3, -0.25) is 15.6 Å². The second-order valence-electron chi connectivity index (χ2n) is 4.66. The third-order valence-electron chi connectivity index (χ3n) is 3.29. The van der Waals surface area contributed by atoms with Crippen LogP contribution < -0.4 is 11.3 Å². The van der Waals surface area contributed by atoms with Crippen molar-refractivity contribution in [3.63, 3.8) is 0 Å². The Morgan fingerprint density at radius 1 is 1.67 bits per heavy atom. The van der Waals surface area contributed by atoms with Crippen molar-refractivity contribution >= 4 is 11.6 Å². The van der Waals surface area contributed by atoms with Crippen molar-refractivity contribution in [1.82, 2.24) is 9.88 Å². The summed E-state index contributed by atoms with van der Waals surface area (Å²) in [4.78, 5) is 18.0. The van der Waals surface area contributed by atoms with Gasteiger partial charge in [0.2, 0.25) is 0 Å². The van der Waals surface area contributed by atoms with E-state index in [1.807, 2.05) is 6.92 Å². The maximum absolute atomic E-state index is 12.2. The van der Waals surface area contributed by atoms with E-state index in [2.05, 4.69) is 10.4 Å². The van der Waals surface area contributed by atoms with Crippen molar-refractivity contribution in [2.45, 2.75) is 19.4 Å². The summed E-state index contributed by atoms with van der Waals surface area (Å²) >= 11 is 0. The average Bonchev–Trinajstić information content (AvgIpc) is 2.41. The number of anilines is 1. The van der Waals surface area contributed by atoms with Crippen LogP contribution in [0.2, 0.25) is 0 Å². The molecule has 0 bridgehead atoms. The summed E-state index contributed by atoms with van der Waals surface area (Å²) in [5, 5.41) is 9.65. The molecule has 0 aliphatic carbocycles. The SMILES string of the molecule is CC1CN(C(=O)c2cc(NN)ccn2)CCC1O. The molecule has 0 saturated carbocycles. The maximum atomic E-state index is 12.2. The zero-order valence-corrected chi connectivity index (χ0v) is 10.3. The lowest BCUT2D eigenvalue weighted by Crippen LogP contribution is -2.45. The van der Waals surface area contributed by atoms with E-state index in [9.17, 15) is 9.90 Å². The van der Waals surface area contributed by atoms with Crippen molar-refractivity contribution < 1.29 is 9.90 Å². The summed E-state index contributed by atoms with van der Waals surface area (Å²) < 4.78 is 0. The van der Waals surface area contributed by atoms with E-state index < -0.39 is 0 Å². The molecule has 98 valence electrons. The van der Waals surface area contributed by atoms with E-state index in [-0.39, 0.29) is 17.9 Å². The third-order valence-corrected chi connectivity index (χ3v) is 3.29. The number of likely N-dealkylation sites (tertiary alicyclic amines) is 1. The number of nitrogens with zero attached hydrogens (tertiary/aromatic N) is 2. The van der Waals surface area contributed by atoms with Crippen LogP contribution >= 0.6 is 0 Å². The molecule has 1 aliphatic heterocycles. The number of hydrogen-bond donors (Lipinski definition) is 3. The summed E-state index contributed by atoms with van der Waals surface area (Å²) in [7, 11) is 0. The molecular formula is C12H18N4O2. The number of rotatable bonds is 2. The van der Waals surface area contributed by atoms with Crippen molar-refractivity contribution in [3.8, 4) is 0 Å². The minimum absolute atomic E-state index is 0.0958. The Labute approximate surface area is 106 Å². The van der Waals surface area contributed by atoms with Gasteiger partial charge in [0.25, 0.3) is 5.91 Å². The molecule has 6 nitrogen and oxygen atoms in total. The molecule has 4 N–H and O–H groups in total. The second-order valence-corrected chi connectivity index (χ2v) is 4.66. The predicted octanol–water partition coefficient (Wildman–Crippen LogP) is 0.210. The molecule has 1 aromatic heterocycles. The normalized spacial score (nSPS) is 23.8. The van der Waals surface area contributed by atoms with Crippen molar-refractivity contribution in [3.05, 3.63) is 24.0 Å². The number of aromatic nitrogens is 1. The molecule has 2 atom stereocenters. The lowest BCUT2D eigenvalue weighted by atomic mass is 9.96. The first-order valence-corrected chi connectivity index (χ1v) is 6.02. The zero-order chi connectivity index (χ0) is 13.1. The lowest BCUT2D eigenvalue weighted by molar-refractivity contribution is 0.0294. The highest BCUT2D eigenvalue weighted by Crippen LogP contribution is 2.18. The van der Waals surface area contributed by atoms with Crippen LogP contribution in [-0.2, 0) is 0 Å². The Balaban J connectivity index is 2.11. The van der Waals surface area contributed by atoms with Crippen LogP contribution in [0.5, 0.6) is 0 Å². The van der Waals surface area contributed by atoms with Crippen LogP contribution in [0.15, 0.2) is 18.3 Å². The van der Waals surface area contributed by atoms with Crippen LogP contribution in [0.3, 0.4) is 0 Å². The number of piperidine rings is 1. The van der Waals surface area contributed by atoms with Gasteiger partial charge in [-0.05, 0) is 24.5 Å². The first kappa shape index (κ1) is 12.8. The number of amides is 1. The van der Waals surface area contributed by atoms with E-state index in [4.69, 9.17) is 5.84 Å². The van der Waals surface area contributed by atoms with Gasteiger partial charge in [0.1, 0.15) is 5.69 Å². The Hall–Kier alpha value is -1.66. The van der Waals surface area contributed by atoms with Crippen LogP contribution in [0.4, 0.5) is 5.69 Å². The van der Waals surface area contributed by atoms with Crippen molar-refractivity contribution in [1.29, 1.82) is 0 Å². The molecule has 18 heavy (non-hydrogen) atoms. The summed E-state index contributed by atoms with van der Waals surface area (Å²) in [6.45, 7) is 3.06. The molecule has 1 aromatic rings. The highest BCUT2D eigenvalue weighted by molar-refractivity contribution is 5.93. The topological polar surface area (TPSA) is 91.5 Å². The summed E-state index contributed by atoms with van der Waals surface area (Å²) in [6.07, 6.45) is 1.84. The number of hydrogen-bond acceptors (Lipinski definition) is 5. The smallest absolute Gasteiger partial charge is 0.272 e. The number of pyridine rings is 1. The van der Waals surface area contributed by atoms with Crippen LogP contribution in [0.25, 0.3) is 0 Å². The molecular weight excluding hydrogens is 232 g/mol. The van der Waals surface area contributed by atoms with Gasteiger partial charge >= 0.3 is 0 Å². The van der Waals surface area contributed by atoms with Gasteiger partial charge in [0.05, 0.1) is 11.8 Å². The second kappa shape index (κ2) is 5.32. The highest BCUT2D eigenvalue weighted by atomic mass is 16.3. The first-order valence-electron chi connectivity index (χ1n) is 6.02. The van der Waals surface area contributed by atoms with E-state index in [0.29, 0.717) is 30.9 Å². The number of nitrogens with two attached hydrogens (primary N) is 1. The quantitative estimate of drug-likeness (QED) is 0.515. The number of carbonyl (C=O) groups excluding carboxylic acids is 1. The fraction of sp³-hybridized carbons (Fsp3) is 0.500. The van der Waals surface area contributed by atoms with Gasteiger partial charge in [0, 0.05) is 19.3 Å². The highest BCUT2D eigenvalue weighted by Gasteiger charge is 2.28. The van der Waals surface area contributed by atoms with Crippen LogP contribution in [0.1, 0.15) is 23.8 Å². The standard InChI is InChI=1S/C12H18N4O2/c1-8-7-16(5-3-11(8)17)12(18)10-6-9(15-13)2-4-14-10/h2,4,6,8,11,17H,3,5,7,13H2,1H3,(H,14,15). The third kappa shape index (κ3) is 2.60. The van der Waals surface area contributed by atoms with E-state index in [1.165, 1.54) is 0 Å². The lowest BCUT2D eigenvalue weighted by Gasteiger charge is -2.34. The summed E-state index contributed by atoms with van der Waals surface area (Å²) in [6, 6.07) is 3.32. The molecule has 1 fully saturated rings. The van der Waals surface area contributed by atoms with Crippen LogP contribution in [0, 0.1) is 5.92 Å². The number of nitrogens with one attached hydrogen (secondary N) is 1. The van der Waals surface area contributed by atoms with Gasteiger partial charge in [-0.2, -0.15) is 0 Å². The molecule has 1 saturated heterocycles. The molecule has 0 radical (unpaired) electrons. The minimum atomic E-state index is -0.320. The Morgan fingerprint density at radius 2 is 2.44 bits per heavy atom. The minimum Gasteiger partial charge on any atom is -0.393 e. The summed E-state index contributed by atoms with van der Waals surface area (Å²) in [5.41, 5.74) is 3.51.